The Hall–Kier alpha value is -5.14. The summed E-state index contributed by atoms with van der Waals surface area (Å²) in [5.74, 6) is 1.49. The van der Waals surface area contributed by atoms with Gasteiger partial charge < -0.3 is 14.7 Å². The number of pyridine rings is 1. The maximum atomic E-state index is 13.6. The van der Waals surface area contributed by atoms with Gasteiger partial charge in [0.05, 0.1) is 5.75 Å². The largest absolute Gasteiger partial charge is 0.337 e. The number of rotatable bonds is 11. The van der Waals surface area contributed by atoms with Crippen LogP contribution in [0.25, 0.3) is 17.1 Å². The summed E-state index contributed by atoms with van der Waals surface area (Å²) in [6.07, 6.45) is 6.50. The molecule has 1 aliphatic rings. The fourth-order valence-electron chi connectivity index (χ4n) is 5.88. The molecule has 6 aromatic rings. The van der Waals surface area contributed by atoms with Gasteiger partial charge >= 0.3 is 0 Å². The Morgan fingerprint density at radius 3 is 2.42 bits per heavy atom. The second kappa shape index (κ2) is 15.2. The fourth-order valence-corrected chi connectivity index (χ4v) is 6.90. The number of thioether (sulfide) groups is 1. The average Bonchev–Trinajstić information content (AvgIpc) is 3.92. The maximum Gasteiger partial charge on any atom is 0.254 e. The molecular weight excluding hydrogens is 716 g/mol. The third-order valence-electron chi connectivity index (χ3n) is 8.48. The summed E-state index contributed by atoms with van der Waals surface area (Å²) >= 11 is 4.75. The van der Waals surface area contributed by atoms with Gasteiger partial charge in [0.25, 0.3) is 5.91 Å². The zero-order valence-corrected chi connectivity index (χ0v) is 29.6. The molecule has 4 heterocycles. The number of anilines is 1. The standard InChI is InChI=1S/C37H33BrN8O3S/c1-2-24-7-15-30(16-8-24)46-34(26-17-19-39-20-18-26)42-43-37(46)50-23-33(47)40-29-13-9-27(10-14-29)36(48)45-21-3-4-31(45)35-41-32(44-49-35)22-25-5-11-28(38)12-6-25/h5-20,31H,2-4,21-23H2,1H3,(H,40,47). The Bertz CT molecular complexity index is 2080. The predicted octanol–water partition coefficient (Wildman–Crippen LogP) is 7.34. The van der Waals surface area contributed by atoms with Crippen molar-refractivity contribution < 1.29 is 14.1 Å². The summed E-state index contributed by atoms with van der Waals surface area (Å²) in [6, 6.07) is 26.6. The number of amides is 2. The van der Waals surface area contributed by atoms with E-state index in [1.165, 1.54) is 17.3 Å². The average molecular weight is 750 g/mol. The summed E-state index contributed by atoms with van der Waals surface area (Å²) in [6.45, 7) is 2.71. The van der Waals surface area contributed by atoms with Crippen molar-refractivity contribution in [3.8, 4) is 17.1 Å². The van der Waals surface area contributed by atoms with Crippen LogP contribution in [0.4, 0.5) is 5.69 Å². The van der Waals surface area contributed by atoms with Crippen molar-refractivity contribution in [1.29, 1.82) is 0 Å². The monoisotopic (exact) mass is 748 g/mol. The van der Waals surface area contributed by atoms with Gasteiger partial charge in [-0.2, -0.15) is 4.98 Å². The lowest BCUT2D eigenvalue weighted by Crippen LogP contribution is -2.30. The molecule has 0 aliphatic carbocycles. The van der Waals surface area contributed by atoms with Crippen molar-refractivity contribution in [2.75, 3.05) is 17.6 Å². The number of hydrogen-bond acceptors (Lipinski definition) is 9. The molecule has 3 aromatic heterocycles. The number of likely N-dealkylation sites (tertiary alicyclic amines) is 1. The van der Waals surface area contributed by atoms with Crippen molar-refractivity contribution in [2.24, 2.45) is 0 Å². The van der Waals surface area contributed by atoms with E-state index in [0.29, 0.717) is 46.9 Å². The van der Waals surface area contributed by atoms with Crippen LogP contribution >= 0.6 is 27.7 Å². The number of halogens is 1. The Labute approximate surface area is 301 Å². The Morgan fingerprint density at radius 2 is 1.68 bits per heavy atom. The first-order valence-corrected chi connectivity index (χ1v) is 18.1. The van der Waals surface area contributed by atoms with Crippen molar-refractivity contribution in [1.82, 2.24) is 34.8 Å². The van der Waals surface area contributed by atoms with E-state index in [1.807, 2.05) is 53.1 Å². The van der Waals surface area contributed by atoms with E-state index in [2.05, 4.69) is 65.6 Å². The van der Waals surface area contributed by atoms with E-state index >= 15 is 0 Å². The number of aromatic nitrogens is 6. The van der Waals surface area contributed by atoms with Gasteiger partial charge in [-0.1, -0.05) is 64.0 Å². The van der Waals surface area contributed by atoms with Crippen molar-refractivity contribution >= 4 is 45.2 Å². The van der Waals surface area contributed by atoms with Gasteiger partial charge in [0.1, 0.15) is 6.04 Å². The minimum Gasteiger partial charge on any atom is -0.337 e. The zero-order valence-electron chi connectivity index (χ0n) is 27.2. The molecule has 3 aromatic carbocycles. The van der Waals surface area contributed by atoms with Crippen LogP contribution in [0, 0.1) is 0 Å². The molecule has 0 spiro atoms. The van der Waals surface area contributed by atoms with Gasteiger partial charge in [0.15, 0.2) is 16.8 Å². The molecule has 1 unspecified atom stereocenters. The molecule has 50 heavy (non-hydrogen) atoms. The van der Waals surface area contributed by atoms with E-state index in [9.17, 15) is 9.59 Å². The lowest BCUT2D eigenvalue weighted by atomic mass is 10.1. The maximum absolute atomic E-state index is 13.6. The zero-order chi connectivity index (χ0) is 34.5. The first-order valence-electron chi connectivity index (χ1n) is 16.3. The molecule has 2 amide bonds. The van der Waals surface area contributed by atoms with E-state index in [4.69, 9.17) is 4.52 Å². The van der Waals surface area contributed by atoms with Crippen LogP contribution < -0.4 is 5.32 Å². The number of nitrogens with one attached hydrogen (secondary N) is 1. The van der Waals surface area contributed by atoms with Crippen LogP contribution in [-0.2, 0) is 17.6 Å². The van der Waals surface area contributed by atoms with Crippen LogP contribution in [0.1, 0.15) is 59.0 Å². The van der Waals surface area contributed by atoms with Crippen molar-refractivity contribution in [3.63, 3.8) is 0 Å². The number of nitrogens with zero attached hydrogens (tertiary/aromatic N) is 7. The number of hydrogen-bond donors (Lipinski definition) is 1. The summed E-state index contributed by atoms with van der Waals surface area (Å²) in [5, 5.41) is 16.6. The third-order valence-corrected chi connectivity index (χ3v) is 9.94. The first kappa shape index (κ1) is 33.4. The molecule has 1 N–H and O–H groups in total. The Morgan fingerprint density at radius 1 is 0.940 bits per heavy atom. The van der Waals surface area contributed by atoms with Crippen molar-refractivity contribution in [3.05, 3.63) is 130 Å². The quantitative estimate of drug-likeness (QED) is 0.135. The van der Waals surface area contributed by atoms with Crippen LogP contribution in [0.15, 0.2) is 111 Å². The molecule has 252 valence electrons. The predicted molar refractivity (Wildman–Crippen MR) is 194 cm³/mol. The van der Waals surface area contributed by atoms with E-state index < -0.39 is 0 Å². The molecule has 0 radical (unpaired) electrons. The molecule has 1 fully saturated rings. The second-order valence-electron chi connectivity index (χ2n) is 11.8. The van der Waals surface area contributed by atoms with E-state index in [1.54, 1.807) is 41.6 Å². The smallest absolute Gasteiger partial charge is 0.254 e. The molecule has 1 atom stereocenters. The Balaban J connectivity index is 0.983. The summed E-state index contributed by atoms with van der Waals surface area (Å²) in [4.78, 5) is 37.1. The highest BCUT2D eigenvalue weighted by molar-refractivity contribution is 9.10. The molecular formula is C37H33BrN8O3S. The summed E-state index contributed by atoms with van der Waals surface area (Å²) < 4.78 is 8.58. The van der Waals surface area contributed by atoms with Gasteiger partial charge in [-0.05, 0) is 91.1 Å². The van der Waals surface area contributed by atoms with Gasteiger partial charge in [-0.15, -0.1) is 10.2 Å². The molecule has 11 nitrogen and oxygen atoms in total. The normalized spacial score (nSPS) is 14.2. The van der Waals surface area contributed by atoms with Gasteiger partial charge in [0, 0.05) is 52.3 Å². The van der Waals surface area contributed by atoms with Crippen LogP contribution in [-0.4, -0.2) is 58.9 Å². The highest BCUT2D eigenvalue weighted by atomic mass is 79.9. The van der Waals surface area contributed by atoms with Crippen LogP contribution in [0.3, 0.4) is 0 Å². The van der Waals surface area contributed by atoms with Crippen LogP contribution in [0.5, 0.6) is 0 Å². The van der Waals surface area contributed by atoms with Gasteiger partial charge in [-0.25, -0.2) is 0 Å². The molecule has 13 heteroatoms. The lowest BCUT2D eigenvalue weighted by molar-refractivity contribution is -0.113. The third kappa shape index (κ3) is 7.53. The first-order chi connectivity index (χ1) is 24.4. The van der Waals surface area contributed by atoms with E-state index in [-0.39, 0.29) is 23.6 Å². The molecule has 1 aliphatic heterocycles. The highest BCUT2D eigenvalue weighted by Crippen LogP contribution is 2.33. The van der Waals surface area contributed by atoms with Crippen molar-refractivity contribution in [2.45, 2.75) is 43.8 Å². The fraction of sp³-hybridized carbons (Fsp3) is 0.216. The molecule has 0 saturated carbocycles. The minimum absolute atomic E-state index is 0.117. The molecule has 1 saturated heterocycles. The lowest BCUT2D eigenvalue weighted by Gasteiger charge is -2.22. The number of aryl methyl sites for hydroxylation is 1. The van der Waals surface area contributed by atoms with Gasteiger partial charge in [0.2, 0.25) is 11.8 Å². The SMILES string of the molecule is CCc1ccc(-n2c(SCC(=O)Nc3ccc(C(=O)N4CCCC4c4nc(Cc5ccc(Br)cc5)no4)cc3)nnc2-c2ccncc2)cc1. The number of benzene rings is 3. The van der Waals surface area contributed by atoms with Crippen LogP contribution in [0.2, 0.25) is 0 Å². The minimum atomic E-state index is -0.282. The highest BCUT2D eigenvalue weighted by Gasteiger charge is 2.34. The topological polar surface area (TPSA) is 132 Å². The summed E-state index contributed by atoms with van der Waals surface area (Å²) in [5.41, 5.74) is 5.18. The van der Waals surface area contributed by atoms with E-state index in [0.717, 1.165) is 40.5 Å². The Kier molecular flexibility index (Phi) is 10.1. The second-order valence-corrected chi connectivity index (χ2v) is 13.7. The summed E-state index contributed by atoms with van der Waals surface area (Å²) in [7, 11) is 0. The number of carbonyl (C=O) groups is 2. The molecule has 0 bridgehead atoms. The van der Waals surface area contributed by atoms with Gasteiger partial charge in [-0.3, -0.25) is 19.1 Å². The molecule has 7 rings (SSSR count). The number of carbonyl (C=O) groups excluding carboxylic acids is 2.